The van der Waals surface area contributed by atoms with Gasteiger partial charge >= 0.3 is 0 Å². The Balaban J connectivity index is 1.40. The summed E-state index contributed by atoms with van der Waals surface area (Å²) < 4.78 is 6.61. The van der Waals surface area contributed by atoms with Crippen LogP contribution in [-0.4, -0.2) is 36.0 Å². The maximum absolute atomic E-state index is 6.61. The van der Waals surface area contributed by atoms with Crippen LogP contribution >= 0.6 is 27.6 Å². The molecule has 3 atom stereocenters. The molecule has 0 bridgehead atoms. The van der Waals surface area contributed by atoms with E-state index in [9.17, 15) is 0 Å². The molecular weight excluding hydrogens is 482 g/mol. The lowest BCUT2D eigenvalue weighted by molar-refractivity contribution is 0.366. The van der Waals surface area contributed by atoms with Gasteiger partial charge in [-0.2, -0.15) is 0 Å². The number of fused-ring (bicyclic) bond motifs is 6. The number of anilines is 2. The second-order valence-corrected chi connectivity index (χ2v) is 12.2. The summed E-state index contributed by atoms with van der Waals surface area (Å²) in [5, 5.41) is 1.35. The van der Waals surface area contributed by atoms with Gasteiger partial charge in [0.25, 0.3) is 0 Å². The standard InChI is InChI=1S/C21H20IN4OP/c1-23-9-11-25-15-5-3-7-17(14(15)13-19(23)25)27-18-8-4-6-16-20(18)28(22)21-24(2)10-12-26(16)21/h3-12,19,21H,13H2,1-2H3. The maximum atomic E-state index is 6.61. The van der Waals surface area contributed by atoms with Crippen LogP contribution in [0.3, 0.4) is 0 Å². The molecule has 5 nitrogen and oxygen atoms in total. The Morgan fingerprint density at radius 3 is 2.46 bits per heavy atom. The van der Waals surface area contributed by atoms with Crippen LogP contribution in [0.25, 0.3) is 0 Å². The second kappa shape index (κ2) is 6.04. The molecule has 0 radical (unpaired) electrons. The molecule has 7 heteroatoms. The van der Waals surface area contributed by atoms with Crippen molar-refractivity contribution in [2.45, 2.75) is 18.5 Å². The van der Waals surface area contributed by atoms with E-state index < -0.39 is 5.56 Å². The third-order valence-corrected chi connectivity index (χ3v) is 10.8. The SMILES string of the molecule is CN1C=CN2c3cccc(Oc4cccc5c4P(I)C4N(C)C=CN54)c3CC12. The number of likely N-dealkylation sites (N-methyl/N-ethyl adjacent to an activating group) is 1. The Morgan fingerprint density at radius 2 is 1.61 bits per heavy atom. The van der Waals surface area contributed by atoms with Crippen LogP contribution < -0.4 is 19.8 Å². The van der Waals surface area contributed by atoms with E-state index in [1.807, 2.05) is 0 Å². The molecule has 6 rings (SSSR count). The minimum absolute atomic E-state index is 0.368. The van der Waals surface area contributed by atoms with E-state index in [4.69, 9.17) is 4.74 Å². The number of halogens is 1. The van der Waals surface area contributed by atoms with Gasteiger partial charge in [-0.25, -0.2) is 0 Å². The van der Waals surface area contributed by atoms with E-state index in [0.717, 1.165) is 17.9 Å². The van der Waals surface area contributed by atoms with Crippen LogP contribution in [0.1, 0.15) is 5.56 Å². The number of rotatable bonds is 2. The minimum atomic E-state index is -0.396. The average molecular weight is 502 g/mol. The van der Waals surface area contributed by atoms with E-state index in [2.05, 4.69) is 117 Å². The van der Waals surface area contributed by atoms with Crippen LogP contribution in [-0.2, 0) is 6.42 Å². The Bertz CT molecular complexity index is 1040. The Hall–Kier alpha value is -1.92. The molecular formula is C21H20IN4OP. The van der Waals surface area contributed by atoms with Crippen LogP contribution in [0, 0.1) is 0 Å². The van der Waals surface area contributed by atoms with Gasteiger partial charge in [0.15, 0.2) is 0 Å². The first-order valence-electron chi connectivity index (χ1n) is 9.38. The highest BCUT2D eigenvalue weighted by molar-refractivity contribution is 14.2. The smallest absolute Gasteiger partial charge is 0.138 e. The summed E-state index contributed by atoms with van der Waals surface area (Å²) in [6.45, 7) is 0. The molecule has 4 aliphatic rings. The minimum Gasteiger partial charge on any atom is -0.456 e. The van der Waals surface area contributed by atoms with Gasteiger partial charge in [0.1, 0.15) is 23.6 Å². The van der Waals surface area contributed by atoms with Crippen LogP contribution in [0.5, 0.6) is 11.5 Å². The zero-order valence-electron chi connectivity index (χ0n) is 15.7. The summed E-state index contributed by atoms with van der Waals surface area (Å²) in [4.78, 5) is 9.30. The zero-order valence-corrected chi connectivity index (χ0v) is 18.7. The number of nitrogens with zero attached hydrogens (tertiary/aromatic N) is 4. The predicted molar refractivity (Wildman–Crippen MR) is 124 cm³/mol. The highest BCUT2D eigenvalue weighted by Crippen LogP contribution is 2.62. The molecule has 0 aromatic heterocycles. The molecule has 142 valence electrons. The van der Waals surface area contributed by atoms with Crippen molar-refractivity contribution < 1.29 is 4.74 Å². The van der Waals surface area contributed by atoms with E-state index >= 15 is 0 Å². The molecule has 4 aliphatic heterocycles. The van der Waals surface area contributed by atoms with Gasteiger partial charge in [-0.3, -0.25) is 0 Å². The summed E-state index contributed by atoms with van der Waals surface area (Å²) in [5.41, 5.74) is 3.44. The fourth-order valence-corrected chi connectivity index (χ4v) is 9.81. The largest absolute Gasteiger partial charge is 0.456 e. The van der Waals surface area contributed by atoms with Crippen molar-refractivity contribution in [3.63, 3.8) is 0 Å². The molecule has 0 spiro atoms. The molecule has 0 saturated heterocycles. The fraction of sp³-hybridized carbons (Fsp3) is 0.238. The van der Waals surface area contributed by atoms with Crippen molar-refractivity contribution in [1.82, 2.24) is 9.80 Å². The third-order valence-electron chi connectivity index (χ3n) is 5.99. The summed E-state index contributed by atoms with van der Waals surface area (Å²) in [6.07, 6.45) is 10.0. The molecule has 0 amide bonds. The van der Waals surface area contributed by atoms with Crippen molar-refractivity contribution in [3.8, 4) is 11.5 Å². The van der Waals surface area contributed by atoms with E-state index in [1.54, 1.807) is 0 Å². The van der Waals surface area contributed by atoms with Crippen molar-refractivity contribution in [2.75, 3.05) is 23.9 Å². The second-order valence-electron chi connectivity index (χ2n) is 7.56. The average Bonchev–Trinajstić information content (AvgIpc) is 3.41. The molecule has 28 heavy (non-hydrogen) atoms. The van der Waals surface area contributed by atoms with Crippen LogP contribution in [0.4, 0.5) is 11.4 Å². The molecule has 4 heterocycles. The van der Waals surface area contributed by atoms with Gasteiger partial charge in [0, 0.05) is 62.1 Å². The lowest BCUT2D eigenvalue weighted by atomic mass is 10.1. The fourth-order valence-electron chi connectivity index (χ4n) is 4.59. The predicted octanol–water partition coefficient (Wildman–Crippen LogP) is 4.56. The highest BCUT2D eigenvalue weighted by Gasteiger charge is 2.43. The summed E-state index contributed by atoms with van der Waals surface area (Å²) in [5.74, 6) is 2.37. The Kier molecular flexibility index (Phi) is 3.66. The van der Waals surface area contributed by atoms with Gasteiger partial charge in [-0.1, -0.05) is 12.1 Å². The van der Waals surface area contributed by atoms with Crippen molar-refractivity contribution in [1.29, 1.82) is 0 Å². The summed E-state index contributed by atoms with van der Waals surface area (Å²) in [6, 6.07) is 12.9. The number of hydrogen-bond donors (Lipinski definition) is 0. The van der Waals surface area contributed by atoms with Gasteiger partial charge in [-0.15, -0.1) is 0 Å². The molecule has 0 fully saturated rings. The third kappa shape index (κ3) is 2.22. The molecule has 2 aromatic rings. The first-order chi connectivity index (χ1) is 13.6. The molecule has 0 aliphatic carbocycles. The number of benzene rings is 2. The van der Waals surface area contributed by atoms with Gasteiger partial charge < -0.3 is 24.3 Å². The van der Waals surface area contributed by atoms with Crippen LogP contribution in [0.2, 0.25) is 0 Å². The zero-order chi connectivity index (χ0) is 19.0. The maximum Gasteiger partial charge on any atom is 0.138 e. The first-order valence-corrected chi connectivity index (χ1v) is 13.6. The van der Waals surface area contributed by atoms with Gasteiger partial charge in [0.05, 0.1) is 11.0 Å². The summed E-state index contributed by atoms with van der Waals surface area (Å²) >= 11 is 2.62. The van der Waals surface area contributed by atoms with Crippen molar-refractivity contribution in [2.24, 2.45) is 0 Å². The molecule has 2 aromatic carbocycles. The van der Waals surface area contributed by atoms with Crippen molar-refractivity contribution in [3.05, 3.63) is 66.8 Å². The normalized spacial score (nSPS) is 26.0. The number of hydrogen-bond acceptors (Lipinski definition) is 5. The molecule has 0 N–H and O–H groups in total. The highest BCUT2D eigenvalue weighted by atomic mass is 127. The topological polar surface area (TPSA) is 22.2 Å². The Morgan fingerprint density at radius 1 is 0.893 bits per heavy atom. The van der Waals surface area contributed by atoms with E-state index in [-0.39, 0.29) is 0 Å². The Labute approximate surface area is 179 Å². The monoisotopic (exact) mass is 502 g/mol. The van der Waals surface area contributed by atoms with E-state index in [1.165, 1.54) is 22.2 Å². The van der Waals surface area contributed by atoms with Crippen molar-refractivity contribution >= 4 is 44.3 Å². The van der Waals surface area contributed by atoms with Gasteiger partial charge in [0.2, 0.25) is 0 Å². The number of ether oxygens (including phenoxy) is 1. The lowest BCUT2D eigenvalue weighted by Gasteiger charge is -2.25. The van der Waals surface area contributed by atoms with E-state index in [0.29, 0.717) is 12.1 Å². The lowest BCUT2D eigenvalue weighted by Crippen LogP contribution is -2.33. The van der Waals surface area contributed by atoms with Crippen LogP contribution in [0.15, 0.2) is 61.2 Å². The van der Waals surface area contributed by atoms with Gasteiger partial charge in [-0.05, 0) is 46.3 Å². The summed E-state index contributed by atoms with van der Waals surface area (Å²) in [7, 11) is 4.29. The quantitative estimate of drug-likeness (QED) is 0.443. The molecule has 3 unspecified atom stereocenters. The molecule has 0 saturated carbocycles. The first kappa shape index (κ1) is 17.0.